The van der Waals surface area contributed by atoms with Gasteiger partial charge in [-0.1, -0.05) is 43.7 Å². The lowest BCUT2D eigenvalue weighted by atomic mass is 10.0. The molecule has 1 fully saturated rings. The van der Waals surface area contributed by atoms with Gasteiger partial charge in [0.2, 0.25) is 5.91 Å². The molecule has 7 heteroatoms. The Labute approximate surface area is 168 Å². The van der Waals surface area contributed by atoms with Crippen LogP contribution in [0.15, 0.2) is 24.3 Å². The molecule has 6 nitrogen and oxygen atoms in total. The van der Waals surface area contributed by atoms with Crippen molar-refractivity contribution in [2.24, 2.45) is 5.92 Å². The van der Waals surface area contributed by atoms with Crippen LogP contribution >= 0.6 is 12.4 Å². The normalized spacial score (nSPS) is 17.8. The second kappa shape index (κ2) is 11.1. The first kappa shape index (κ1) is 23.2. The molecule has 2 rings (SSSR count). The minimum Gasteiger partial charge on any atom is -0.338 e. The van der Waals surface area contributed by atoms with Crippen molar-refractivity contribution in [2.75, 3.05) is 19.6 Å². The van der Waals surface area contributed by atoms with Crippen LogP contribution in [0.1, 0.15) is 38.3 Å². The van der Waals surface area contributed by atoms with Crippen molar-refractivity contribution in [2.45, 2.75) is 52.7 Å². The smallest absolute Gasteiger partial charge is 0.315 e. The number of nitrogens with one attached hydrogen (secondary N) is 3. The van der Waals surface area contributed by atoms with Crippen LogP contribution in [0.5, 0.6) is 0 Å². The summed E-state index contributed by atoms with van der Waals surface area (Å²) < 4.78 is 0. The maximum atomic E-state index is 12.9. The third kappa shape index (κ3) is 7.77. The van der Waals surface area contributed by atoms with Crippen LogP contribution in [0.25, 0.3) is 0 Å². The molecule has 0 aromatic heterocycles. The van der Waals surface area contributed by atoms with Crippen molar-refractivity contribution < 1.29 is 9.59 Å². The minimum absolute atomic E-state index is 0. The van der Waals surface area contributed by atoms with Gasteiger partial charge in [0.25, 0.3) is 0 Å². The molecule has 1 aliphatic heterocycles. The Morgan fingerprint density at radius 2 is 1.93 bits per heavy atom. The molecule has 3 N–H and O–H groups in total. The van der Waals surface area contributed by atoms with Gasteiger partial charge in [0.1, 0.15) is 6.04 Å². The Balaban J connectivity index is 0.00000364. The summed E-state index contributed by atoms with van der Waals surface area (Å²) in [6.07, 6.45) is 0.634. The second-order valence-corrected chi connectivity index (χ2v) is 7.63. The van der Waals surface area contributed by atoms with Crippen LogP contribution in [-0.2, 0) is 11.3 Å². The molecule has 1 aromatic rings. The Hall–Kier alpha value is -1.79. The van der Waals surface area contributed by atoms with Gasteiger partial charge >= 0.3 is 6.03 Å². The lowest BCUT2D eigenvalue weighted by Crippen LogP contribution is -2.57. The number of hydrogen-bond donors (Lipinski definition) is 3. The van der Waals surface area contributed by atoms with Crippen LogP contribution in [0.4, 0.5) is 4.79 Å². The number of aryl methyl sites for hydroxylation is 1. The Morgan fingerprint density at radius 3 is 2.52 bits per heavy atom. The largest absolute Gasteiger partial charge is 0.338 e. The third-order valence-electron chi connectivity index (χ3n) is 4.56. The summed E-state index contributed by atoms with van der Waals surface area (Å²) in [5.41, 5.74) is 2.22. The summed E-state index contributed by atoms with van der Waals surface area (Å²) >= 11 is 0. The monoisotopic (exact) mass is 396 g/mol. The van der Waals surface area contributed by atoms with E-state index in [0.29, 0.717) is 32.0 Å². The number of urea groups is 1. The number of nitrogens with zero attached hydrogens (tertiary/aromatic N) is 1. The number of piperazine rings is 1. The first-order valence-electron chi connectivity index (χ1n) is 9.47. The van der Waals surface area contributed by atoms with Crippen molar-refractivity contribution in [1.82, 2.24) is 20.9 Å². The molecular weight excluding hydrogens is 364 g/mol. The quantitative estimate of drug-likeness (QED) is 0.691. The van der Waals surface area contributed by atoms with Crippen molar-refractivity contribution in [3.8, 4) is 0 Å². The van der Waals surface area contributed by atoms with Gasteiger partial charge in [0, 0.05) is 32.2 Å². The van der Waals surface area contributed by atoms with Crippen LogP contribution in [0, 0.1) is 12.8 Å². The Bertz CT molecular complexity index is 607. The van der Waals surface area contributed by atoms with Gasteiger partial charge in [-0.15, -0.1) is 12.4 Å². The van der Waals surface area contributed by atoms with E-state index in [0.717, 1.165) is 12.1 Å². The Morgan fingerprint density at radius 1 is 1.26 bits per heavy atom. The van der Waals surface area contributed by atoms with E-state index >= 15 is 0 Å². The predicted octanol–water partition coefficient (Wildman–Crippen LogP) is 2.45. The molecule has 152 valence electrons. The molecule has 2 atom stereocenters. The molecule has 0 spiro atoms. The molecule has 1 saturated heterocycles. The maximum Gasteiger partial charge on any atom is 0.315 e. The van der Waals surface area contributed by atoms with Crippen LogP contribution in [0.2, 0.25) is 0 Å². The van der Waals surface area contributed by atoms with Gasteiger partial charge in [0.05, 0.1) is 0 Å². The number of rotatable bonds is 6. The average molecular weight is 397 g/mol. The average Bonchev–Trinajstić information content (AvgIpc) is 2.59. The second-order valence-electron chi connectivity index (χ2n) is 7.63. The maximum absolute atomic E-state index is 12.9. The fourth-order valence-electron chi connectivity index (χ4n) is 3.14. The number of hydrogen-bond acceptors (Lipinski definition) is 3. The zero-order valence-electron chi connectivity index (χ0n) is 16.7. The summed E-state index contributed by atoms with van der Waals surface area (Å²) in [5.74, 6) is 0.333. The highest BCUT2D eigenvalue weighted by Gasteiger charge is 2.29. The van der Waals surface area contributed by atoms with Gasteiger partial charge in [-0.3, -0.25) is 4.79 Å². The highest BCUT2D eigenvalue weighted by atomic mass is 35.5. The molecule has 1 aliphatic rings. The number of carbonyl (C=O) groups excluding carboxylic acids is 2. The number of halogens is 1. The minimum atomic E-state index is -0.488. The standard InChI is InChI=1S/C20H32N4O2.ClH/c1-14(2)11-18(19(25)24-10-9-21-16(4)13-24)23-20(26)22-12-17-7-5-15(3)6-8-17;/h5-8,14,16,18,21H,9-13H2,1-4H3,(H2,22,23,26);1H. The SMILES string of the molecule is Cc1ccc(CNC(=O)NC(CC(C)C)C(=O)N2CCNC(C)C2)cc1.Cl. The predicted molar refractivity (Wildman–Crippen MR) is 111 cm³/mol. The first-order valence-corrected chi connectivity index (χ1v) is 9.47. The fraction of sp³-hybridized carbons (Fsp3) is 0.600. The molecule has 27 heavy (non-hydrogen) atoms. The summed E-state index contributed by atoms with van der Waals surface area (Å²) in [5, 5.41) is 9.07. The van der Waals surface area contributed by atoms with Crippen LogP contribution in [0.3, 0.4) is 0 Å². The zero-order valence-corrected chi connectivity index (χ0v) is 17.6. The summed E-state index contributed by atoms with van der Waals surface area (Å²) in [6.45, 7) is 10.8. The number of benzene rings is 1. The molecule has 0 saturated carbocycles. The van der Waals surface area contributed by atoms with E-state index < -0.39 is 6.04 Å². The molecule has 0 radical (unpaired) electrons. The third-order valence-corrected chi connectivity index (χ3v) is 4.56. The van der Waals surface area contributed by atoms with Crippen molar-refractivity contribution >= 4 is 24.3 Å². The lowest BCUT2D eigenvalue weighted by molar-refractivity contribution is -0.134. The topological polar surface area (TPSA) is 73.5 Å². The van der Waals surface area contributed by atoms with Gasteiger partial charge in [0.15, 0.2) is 0 Å². The van der Waals surface area contributed by atoms with E-state index in [1.807, 2.05) is 36.1 Å². The van der Waals surface area contributed by atoms with E-state index in [4.69, 9.17) is 0 Å². The summed E-state index contributed by atoms with van der Waals surface area (Å²) in [6, 6.07) is 7.52. The van der Waals surface area contributed by atoms with E-state index in [9.17, 15) is 9.59 Å². The van der Waals surface area contributed by atoms with Gasteiger partial charge in [-0.05, 0) is 31.7 Å². The zero-order chi connectivity index (χ0) is 19.1. The van der Waals surface area contributed by atoms with E-state index in [1.165, 1.54) is 5.56 Å². The molecule has 1 heterocycles. The van der Waals surface area contributed by atoms with Crippen molar-refractivity contribution in [3.05, 3.63) is 35.4 Å². The molecule has 0 bridgehead atoms. The van der Waals surface area contributed by atoms with Gasteiger partial charge < -0.3 is 20.9 Å². The highest BCUT2D eigenvalue weighted by molar-refractivity contribution is 5.87. The van der Waals surface area contributed by atoms with Crippen molar-refractivity contribution in [3.63, 3.8) is 0 Å². The van der Waals surface area contributed by atoms with Gasteiger partial charge in [-0.25, -0.2) is 4.79 Å². The molecular formula is C20H33ClN4O2. The number of amides is 3. The van der Waals surface area contributed by atoms with Gasteiger partial charge in [-0.2, -0.15) is 0 Å². The van der Waals surface area contributed by atoms with Crippen LogP contribution < -0.4 is 16.0 Å². The van der Waals surface area contributed by atoms with Crippen molar-refractivity contribution in [1.29, 1.82) is 0 Å². The van der Waals surface area contributed by atoms with Crippen LogP contribution in [-0.4, -0.2) is 48.6 Å². The summed E-state index contributed by atoms with van der Waals surface area (Å²) in [7, 11) is 0. The van der Waals surface area contributed by atoms with E-state index in [1.54, 1.807) is 0 Å². The van der Waals surface area contributed by atoms with E-state index in [-0.39, 0.29) is 30.4 Å². The molecule has 2 unspecified atom stereocenters. The molecule has 3 amide bonds. The highest BCUT2D eigenvalue weighted by Crippen LogP contribution is 2.10. The molecule has 0 aliphatic carbocycles. The summed E-state index contributed by atoms with van der Waals surface area (Å²) in [4.78, 5) is 27.1. The molecule has 1 aromatic carbocycles. The van der Waals surface area contributed by atoms with E-state index in [2.05, 4.69) is 36.7 Å². The first-order chi connectivity index (χ1) is 12.3. The lowest BCUT2D eigenvalue weighted by Gasteiger charge is -2.34. The fourth-order valence-corrected chi connectivity index (χ4v) is 3.14. The Kier molecular flexibility index (Phi) is 9.60. The number of carbonyl (C=O) groups is 2.